The molecule has 0 aliphatic carbocycles. The van der Waals surface area contributed by atoms with E-state index in [2.05, 4.69) is 5.32 Å². The number of phenols is 1. The second kappa shape index (κ2) is 8.34. The lowest BCUT2D eigenvalue weighted by Gasteiger charge is -2.49. The van der Waals surface area contributed by atoms with E-state index in [4.69, 9.17) is 17.5 Å². The van der Waals surface area contributed by atoms with Crippen molar-refractivity contribution in [1.82, 2.24) is 10.2 Å². The van der Waals surface area contributed by atoms with Crippen molar-refractivity contribution in [1.29, 1.82) is 0 Å². The number of nitrogens with one attached hydrogen (secondary N) is 1. The quantitative estimate of drug-likeness (QED) is 0.431. The fraction of sp³-hybridized carbons (Fsp3) is 0.529. The molecule has 152 valence electrons. The maximum atomic E-state index is 12.8. The van der Waals surface area contributed by atoms with Gasteiger partial charge in [-0.05, 0) is 50.2 Å². The monoisotopic (exact) mass is 402 g/mol. The van der Waals surface area contributed by atoms with E-state index in [0.717, 1.165) is 5.56 Å². The van der Waals surface area contributed by atoms with E-state index < -0.39 is 21.2 Å². The van der Waals surface area contributed by atoms with Gasteiger partial charge in [-0.1, -0.05) is 26.0 Å². The summed E-state index contributed by atoms with van der Waals surface area (Å²) in [6.07, 6.45) is 0.859. The van der Waals surface area contributed by atoms with E-state index in [1.54, 1.807) is 18.2 Å². The van der Waals surface area contributed by atoms with Gasteiger partial charge in [0.2, 0.25) is 11.8 Å². The number of hydrogen-bond donors (Lipinski definition) is 4. The molecule has 1 saturated heterocycles. The number of benzene rings is 1. The number of carbonyl (C=O) groups is 2. The van der Waals surface area contributed by atoms with Gasteiger partial charge in [-0.3, -0.25) is 24.0 Å². The molecule has 9 nitrogen and oxygen atoms in total. The largest absolute Gasteiger partial charge is 0.508 e. The van der Waals surface area contributed by atoms with Crippen molar-refractivity contribution in [3.8, 4) is 5.75 Å². The first-order valence-electron chi connectivity index (χ1n) is 8.17. The Balaban J connectivity index is 0.000000646. The molecule has 1 aromatic rings. The molecule has 0 aromatic heterocycles. The highest BCUT2D eigenvalue weighted by atomic mass is 32.3. The first-order chi connectivity index (χ1) is 12.2. The third kappa shape index (κ3) is 5.99. The minimum absolute atomic E-state index is 0.127. The first-order valence-corrected chi connectivity index (χ1v) is 9.57. The van der Waals surface area contributed by atoms with Gasteiger partial charge in [0, 0.05) is 6.42 Å². The Bertz CT molecular complexity index is 797. The molecule has 1 atom stereocenters. The minimum Gasteiger partial charge on any atom is -0.508 e. The van der Waals surface area contributed by atoms with Crippen LogP contribution in [0.3, 0.4) is 0 Å². The molecule has 4 N–H and O–H groups in total. The lowest BCUT2D eigenvalue weighted by atomic mass is 9.56. The van der Waals surface area contributed by atoms with Crippen LogP contribution in [0, 0.1) is 5.41 Å². The van der Waals surface area contributed by atoms with Gasteiger partial charge in [0.1, 0.15) is 5.75 Å². The van der Waals surface area contributed by atoms with Crippen LogP contribution in [0.2, 0.25) is 0 Å². The number of nitrogens with zero attached hydrogens (tertiary/aromatic N) is 1. The van der Waals surface area contributed by atoms with Crippen LogP contribution in [0.1, 0.15) is 32.3 Å². The van der Waals surface area contributed by atoms with E-state index >= 15 is 0 Å². The van der Waals surface area contributed by atoms with Crippen LogP contribution in [0.5, 0.6) is 5.75 Å². The van der Waals surface area contributed by atoms with Crippen LogP contribution in [0.4, 0.5) is 0 Å². The predicted molar refractivity (Wildman–Crippen MR) is 98.7 cm³/mol. The Hall–Kier alpha value is -2.01. The summed E-state index contributed by atoms with van der Waals surface area (Å²) in [6, 6.07) is 6.81. The molecular weight excluding hydrogens is 376 g/mol. The van der Waals surface area contributed by atoms with Gasteiger partial charge in [-0.15, -0.1) is 0 Å². The summed E-state index contributed by atoms with van der Waals surface area (Å²) in [5, 5.41) is 12.3. The summed E-state index contributed by atoms with van der Waals surface area (Å²) in [6.45, 7) is 4.60. The first kappa shape index (κ1) is 23.0. The van der Waals surface area contributed by atoms with Crippen LogP contribution in [-0.4, -0.2) is 60.0 Å². The maximum absolute atomic E-state index is 12.8. The summed E-state index contributed by atoms with van der Waals surface area (Å²) in [5.41, 5.74) is -0.621. The topological polar surface area (TPSA) is 144 Å². The number of piperidine rings is 1. The van der Waals surface area contributed by atoms with Crippen LogP contribution < -0.4 is 5.32 Å². The molecule has 1 aromatic carbocycles. The summed E-state index contributed by atoms with van der Waals surface area (Å²) in [4.78, 5) is 26.7. The molecule has 1 aliphatic heterocycles. The molecule has 1 aliphatic rings. The molecule has 0 saturated carbocycles. The van der Waals surface area contributed by atoms with Crippen molar-refractivity contribution in [2.45, 2.75) is 32.1 Å². The molecule has 27 heavy (non-hydrogen) atoms. The zero-order valence-electron chi connectivity index (χ0n) is 15.8. The molecular formula is C17H26N2O7S. The highest BCUT2D eigenvalue weighted by Crippen LogP contribution is 2.49. The van der Waals surface area contributed by atoms with E-state index in [0.29, 0.717) is 13.0 Å². The van der Waals surface area contributed by atoms with Crippen molar-refractivity contribution in [2.24, 2.45) is 5.41 Å². The Labute approximate surface area is 159 Å². The molecule has 1 heterocycles. The molecule has 1 fully saturated rings. The van der Waals surface area contributed by atoms with Crippen molar-refractivity contribution < 1.29 is 32.2 Å². The lowest BCUT2D eigenvalue weighted by molar-refractivity contribution is -0.145. The van der Waals surface area contributed by atoms with Crippen LogP contribution in [0.25, 0.3) is 0 Å². The van der Waals surface area contributed by atoms with Crippen LogP contribution >= 0.6 is 0 Å². The van der Waals surface area contributed by atoms with Crippen molar-refractivity contribution in [3.05, 3.63) is 29.8 Å². The van der Waals surface area contributed by atoms with E-state index in [1.165, 1.54) is 0 Å². The number of amides is 2. The van der Waals surface area contributed by atoms with E-state index in [9.17, 15) is 14.7 Å². The van der Waals surface area contributed by atoms with Gasteiger partial charge in [-0.2, -0.15) is 8.42 Å². The highest BCUT2D eigenvalue weighted by molar-refractivity contribution is 7.79. The fourth-order valence-electron chi connectivity index (χ4n) is 3.42. The molecule has 0 spiro atoms. The Morgan fingerprint density at radius 3 is 2.19 bits per heavy atom. The summed E-state index contributed by atoms with van der Waals surface area (Å²) >= 11 is 0. The van der Waals surface area contributed by atoms with Crippen LogP contribution in [0.15, 0.2) is 24.3 Å². The van der Waals surface area contributed by atoms with Gasteiger partial charge in [-0.25, -0.2) is 0 Å². The van der Waals surface area contributed by atoms with Gasteiger partial charge in [0.05, 0.1) is 5.41 Å². The zero-order valence-corrected chi connectivity index (χ0v) is 16.6. The molecule has 2 amide bonds. The van der Waals surface area contributed by atoms with Gasteiger partial charge >= 0.3 is 10.4 Å². The second-order valence-electron chi connectivity index (χ2n) is 7.39. The van der Waals surface area contributed by atoms with Crippen molar-refractivity contribution >= 4 is 22.2 Å². The smallest absolute Gasteiger partial charge is 0.394 e. The Morgan fingerprint density at radius 1 is 1.19 bits per heavy atom. The Morgan fingerprint density at radius 2 is 1.74 bits per heavy atom. The Kier molecular flexibility index (Phi) is 7.11. The average molecular weight is 402 g/mol. The van der Waals surface area contributed by atoms with Gasteiger partial charge < -0.3 is 10.0 Å². The highest BCUT2D eigenvalue weighted by Gasteiger charge is 2.56. The third-order valence-corrected chi connectivity index (χ3v) is 4.67. The standard InChI is InChI=1S/C17H24N2O3.H2O4S/c1-16(2)11-14(21)18-15(22)17(16,8-9-19(3)4)12-6-5-7-13(20)10-12;1-5(2,3)4/h5-7,10,20H,8-9,11H2,1-4H3,(H,18,21,22);(H2,1,2,3,4). The summed E-state index contributed by atoms with van der Waals surface area (Å²) in [5.74, 6) is -0.390. The molecule has 2 rings (SSSR count). The SMILES string of the molecule is CN(C)CCC1(c2cccc(O)c2)C(=O)NC(=O)CC1(C)C.O=S(=O)(O)O. The normalized spacial score (nSPS) is 22.0. The number of phenolic OH excluding ortho intramolecular Hbond substituents is 1. The summed E-state index contributed by atoms with van der Waals surface area (Å²) in [7, 11) is -0.760. The number of aromatic hydroxyl groups is 1. The second-order valence-corrected chi connectivity index (χ2v) is 8.29. The lowest BCUT2D eigenvalue weighted by Crippen LogP contribution is -2.61. The number of hydrogen-bond acceptors (Lipinski definition) is 6. The number of imide groups is 1. The minimum atomic E-state index is -4.67. The molecule has 0 radical (unpaired) electrons. The zero-order chi connectivity index (χ0) is 21.0. The number of carbonyl (C=O) groups excluding carboxylic acids is 2. The van der Waals surface area contributed by atoms with Crippen molar-refractivity contribution in [3.63, 3.8) is 0 Å². The summed E-state index contributed by atoms with van der Waals surface area (Å²) < 4.78 is 31.6. The van der Waals surface area contributed by atoms with E-state index in [1.807, 2.05) is 38.9 Å². The van der Waals surface area contributed by atoms with Gasteiger partial charge in [0.15, 0.2) is 0 Å². The molecule has 0 bridgehead atoms. The molecule has 10 heteroatoms. The predicted octanol–water partition coefficient (Wildman–Crippen LogP) is 1.00. The average Bonchev–Trinajstić information content (AvgIpc) is 2.43. The fourth-order valence-corrected chi connectivity index (χ4v) is 3.42. The number of rotatable bonds is 4. The third-order valence-electron chi connectivity index (χ3n) is 4.67. The van der Waals surface area contributed by atoms with Crippen molar-refractivity contribution in [2.75, 3.05) is 20.6 Å². The molecule has 1 unspecified atom stereocenters. The van der Waals surface area contributed by atoms with Gasteiger partial charge in [0.25, 0.3) is 0 Å². The van der Waals surface area contributed by atoms with E-state index in [-0.39, 0.29) is 24.0 Å². The maximum Gasteiger partial charge on any atom is 0.394 e. The van der Waals surface area contributed by atoms with Crippen LogP contribution in [-0.2, 0) is 25.4 Å².